The molecular weight excluding hydrogens is 226 g/mol. The summed E-state index contributed by atoms with van der Waals surface area (Å²) < 4.78 is 5.80. The van der Waals surface area contributed by atoms with Crippen molar-refractivity contribution in [1.82, 2.24) is 0 Å². The largest absolute Gasteiger partial charge is 0.493 e. The SMILES string of the molecule is Cc1ccc(C(C)(C)C)c(OCCC(O)CN)c1. The van der Waals surface area contributed by atoms with Gasteiger partial charge in [-0.1, -0.05) is 32.9 Å². The molecule has 0 saturated carbocycles. The highest BCUT2D eigenvalue weighted by Gasteiger charge is 2.19. The quantitative estimate of drug-likeness (QED) is 0.844. The minimum absolute atomic E-state index is 0.0511. The average Bonchev–Trinajstić information content (AvgIpc) is 2.27. The minimum Gasteiger partial charge on any atom is -0.493 e. The molecule has 0 radical (unpaired) electrons. The number of hydrogen-bond donors (Lipinski definition) is 2. The maximum absolute atomic E-state index is 9.41. The van der Waals surface area contributed by atoms with E-state index in [-0.39, 0.29) is 12.0 Å². The van der Waals surface area contributed by atoms with E-state index in [0.717, 1.165) is 5.75 Å². The van der Waals surface area contributed by atoms with Gasteiger partial charge in [0.2, 0.25) is 0 Å². The van der Waals surface area contributed by atoms with Gasteiger partial charge in [-0.25, -0.2) is 0 Å². The lowest BCUT2D eigenvalue weighted by Gasteiger charge is -2.23. The summed E-state index contributed by atoms with van der Waals surface area (Å²) in [4.78, 5) is 0. The van der Waals surface area contributed by atoms with Crippen LogP contribution in [-0.2, 0) is 5.41 Å². The first-order valence-electron chi connectivity index (χ1n) is 6.46. The Morgan fingerprint density at radius 1 is 1.33 bits per heavy atom. The van der Waals surface area contributed by atoms with Gasteiger partial charge in [0.25, 0.3) is 0 Å². The molecule has 18 heavy (non-hydrogen) atoms. The van der Waals surface area contributed by atoms with Crippen molar-refractivity contribution in [3.63, 3.8) is 0 Å². The summed E-state index contributed by atoms with van der Waals surface area (Å²) in [5.41, 5.74) is 7.79. The van der Waals surface area contributed by atoms with Gasteiger partial charge in [0.15, 0.2) is 0 Å². The van der Waals surface area contributed by atoms with Crippen molar-refractivity contribution in [3.8, 4) is 5.75 Å². The Balaban J connectivity index is 2.77. The van der Waals surface area contributed by atoms with Crippen molar-refractivity contribution in [2.75, 3.05) is 13.2 Å². The zero-order valence-electron chi connectivity index (χ0n) is 11.9. The molecule has 0 fully saturated rings. The molecule has 1 atom stereocenters. The number of benzene rings is 1. The maximum atomic E-state index is 9.41. The van der Waals surface area contributed by atoms with Crippen LogP contribution in [0.5, 0.6) is 5.75 Å². The molecule has 0 aliphatic rings. The van der Waals surface area contributed by atoms with Gasteiger partial charge in [0.05, 0.1) is 12.7 Å². The third-order valence-electron chi connectivity index (χ3n) is 2.93. The predicted octanol–water partition coefficient (Wildman–Crippen LogP) is 2.38. The van der Waals surface area contributed by atoms with Crippen LogP contribution in [0, 0.1) is 6.92 Å². The summed E-state index contributed by atoms with van der Waals surface area (Å²) >= 11 is 0. The molecule has 0 heterocycles. The smallest absolute Gasteiger partial charge is 0.123 e. The fraction of sp³-hybridized carbons (Fsp3) is 0.600. The summed E-state index contributed by atoms with van der Waals surface area (Å²) in [5.74, 6) is 0.909. The summed E-state index contributed by atoms with van der Waals surface area (Å²) in [6.45, 7) is 9.32. The van der Waals surface area contributed by atoms with E-state index in [2.05, 4.69) is 39.0 Å². The highest BCUT2D eigenvalue weighted by atomic mass is 16.5. The van der Waals surface area contributed by atoms with E-state index in [1.807, 2.05) is 6.92 Å². The van der Waals surface area contributed by atoms with Crippen LogP contribution in [0.15, 0.2) is 18.2 Å². The standard InChI is InChI=1S/C15H25NO2/c1-11-5-6-13(15(2,3)4)14(9-11)18-8-7-12(17)10-16/h5-6,9,12,17H,7-8,10,16H2,1-4H3. The molecule has 0 spiro atoms. The minimum atomic E-state index is -0.479. The Bertz CT molecular complexity index is 383. The van der Waals surface area contributed by atoms with Gasteiger partial charge < -0.3 is 15.6 Å². The Morgan fingerprint density at radius 3 is 2.56 bits per heavy atom. The molecule has 0 aliphatic carbocycles. The Morgan fingerprint density at radius 2 is 2.00 bits per heavy atom. The molecule has 3 nitrogen and oxygen atoms in total. The first-order valence-corrected chi connectivity index (χ1v) is 6.46. The number of aryl methyl sites for hydroxylation is 1. The maximum Gasteiger partial charge on any atom is 0.123 e. The zero-order chi connectivity index (χ0) is 13.8. The number of hydrogen-bond acceptors (Lipinski definition) is 3. The summed E-state index contributed by atoms with van der Waals surface area (Å²) in [5, 5.41) is 9.41. The van der Waals surface area contributed by atoms with Crippen LogP contribution in [0.25, 0.3) is 0 Å². The molecule has 0 aromatic heterocycles. The monoisotopic (exact) mass is 251 g/mol. The van der Waals surface area contributed by atoms with Crippen LogP contribution in [0.3, 0.4) is 0 Å². The summed E-state index contributed by atoms with van der Waals surface area (Å²) in [6, 6.07) is 6.27. The molecule has 3 heteroatoms. The molecule has 0 amide bonds. The van der Waals surface area contributed by atoms with Crippen molar-refractivity contribution in [3.05, 3.63) is 29.3 Å². The molecule has 1 aromatic carbocycles. The highest BCUT2D eigenvalue weighted by molar-refractivity contribution is 5.41. The number of aliphatic hydroxyl groups excluding tert-OH is 1. The van der Waals surface area contributed by atoms with E-state index in [9.17, 15) is 5.11 Å². The van der Waals surface area contributed by atoms with E-state index < -0.39 is 6.10 Å². The van der Waals surface area contributed by atoms with Crippen LogP contribution < -0.4 is 10.5 Å². The van der Waals surface area contributed by atoms with Crippen LogP contribution in [0.4, 0.5) is 0 Å². The fourth-order valence-electron chi connectivity index (χ4n) is 1.79. The number of rotatable bonds is 5. The third-order valence-corrected chi connectivity index (χ3v) is 2.93. The Labute approximate surface area is 110 Å². The number of aliphatic hydroxyl groups is 1. The topological polar surface area (TPSA) is 55.5 Å². The lowest BCUT2D eigenvalue weighted by molar-refractivity contribution is 0.145. The van der Waals surface area contributed by atoms with E-state index in [1.165, 1.54) is 11.1 Å². The first-order chi connectivity index (χ1) is 8.34. The van der Waals surface area contributed by atoms with E-state index in [4.69, 9.17) is 10.5 Å². The van der Waals surface area contributed by atoms with Gasteiger partial charge in [-0.15, -0.1) is 0 Å². The van der Waals surface area contributed by atoms with E-state index >= 15 is 0 Å². The van der Waals surface area contributed by atoms with E-state index in [0.29, 0.717) is 13.0 Å². The van der Waals surface area contributed by atoms with Crippen LogP contribution in [0.2, 0.25) is 0 Å². The Hall–Kier alpha value is -1.06. The second-order valence-corrected chi connectivity index (χ2v) is 5.78. The molecular formula is C15H25NO2. The number of ether oxygens (including phenoxy) is 1. The second kappa shape index (κ2) is 6.21. The van der Waals surface area contributed by atoms with Crippen molar-refractivity contribution < 1.29 is 9.84 Å². The lowest BCUT2D eigenvalue weighted by Crippen LogP contribution is -2.22. The molecule has 0 aliphatic heterocycles. The molecule has 102 valence electrons. The summed E-state index contributed by atoms with van der Waals surface area (Å²) in [7, 11) is 0. The van der Waals surface area contributed by atoms with Crippen molar-refractivity contribution in [1.29, 1.82) is 0 Å². The normalized spacial score (nSPS) is 13.4. The average molecular weight is 251 g/mol. The van der Waals surface area contributed by atoms with Crippen LogP contribution in [0.1, 0.15) is 38.3 Å². The molecule has 1 rings (SSSR count). The fourth-order valence-corrected chi connectivity index (χ4v) is 1.79. The second-order valence-electron chi connectivity index (χ2n) is 5.78. The molecule has 0 bridgehead atoms. The lowest BCUT2D eigenvalue weighted by atomic mass is 9.86. The van der Waals surface area contributed by atoms with Gasteiger partial charge in [-0.3, -0.25) is 0 Å². The molecule has 3 N–H and O–H groups in total. The van der Waals surface area contributed by atoms with Gasteiger partial charge in [-0.2, -0.15) is 0 Å². The van der Waals surface area contributed by atoms with Crippen molar-refractivity contribution in [2.24, 2.45) is 5.73 Å². The van der Waals surface area contributed by atoms with E-state index in [1.54, 1.807) is 0 Å². The number of nitrogens with two attached hydrogens (primary N) is 1. The summed E-state index contributed by atoms with van der Waals surface area (Å²) in [6.07, 6.45) is 0.0847. The highest BCUT2D eigenvalue weighted by Crippen LogP contribution is 2.32. The van der Waals surface area contributed by atoms with Crippen molar-refractivity contribution >= 4 is 0 Å². The molecule has 0 saturated heterocycles. The molecule has 1 aromatic rings. The van der Waals surface area contributed by atoms with Crippen LogP contribution in [-0.4, -0.2) is 24.4 Å². The molecule has 1 unspecified atom stereocenters. The van der Waals surface area contributed by atoms with Crippen LogP contribution >= 0.6 is 0 Å². The first kappa shape index (κ1) is 15.0. The zero-order valence-corrected chi connectivity index (χ0v) is 11.9. The van der Waals surface area contributed by atoms with Gasteiger partial charge >= 0.3 is 0 Å². The van der Waals surface area contributed by atoms with Gasteiger partial charge in [0, 0.05) is 13.0 Å². The predicted molar refractivity (Wildman–Crippen MR) is 75.1 cm³/mol. The van der Waals surface area contributed by atoms with Crippen molar-refractivity contribution in [2.45, 2.75) is 45.6 Å². The third kappa shape index (κ3) is 4.31. The Kier molecular flexibility index (Phi) is 5.17. The van der Waals surface area contributed by atoms with Gasteiger partial charge in [-0.05, 0) is 29.5 Å². The van der Waals surface area contributed by atoms with Gasteiger partial charge in [0.1, 0.15) is 5.75 Å².